The predicted molar refractivity (Wildman–Crippen MR) is 71.3 cm³/mol. The minimum atomic E-state index is -0.510. The Morgan fingerprint density at radius 3 is 2.75 bits per heavy atom. The molecule has 2 atom stereocenters. The predicted octanol–water partition coefficient (Wildman–Crippen LogP) is 2.45. The molecule has 0 heterocycles. The fourth-order valence-electron chi connectivity index (χ4n) is 1.34. The summed E-state index contributed by atoms with van der Waals surface area (Å²) in [6.07, 6.45) is 0.541. The number of nitrogens with one attached hydrogen (secondary N) is 1. The van der Waals surface area contributed by atoms with E-state index in [0.29, 0.717) is 18.3 Å². The first kappa shape index (κ1) is 13.5. The van der Waals surface area contributed by atoms with Gasteiger partial charge in [0.25, 0.3) is 0 Å². The van der Waals surface area contributed by atoms with E-state index in [-0.39, 0.29) is 0 Å². The van der Waals surface area contributed by atoms with Crippen LogP contribution in [0.15, 0.2) is 22.7 Å². The molecule has 4 N–H and O–H groups in total. The van der Waals surface area contributed by atoms with Crippen LogP contribution in [0, 0.1) is 0 Å². The third-order valence-corrected chi connectivity index (χ3v) is 3.40. The molecule has 0 amide bonds. The van der Waals surface area contributed by atoms with Crippen LogP contribution in [0.2, 0.25) is 0 Å². The average Bonchev–Trinajstić information content (AvgIpc) is 2.29. The van der Waals surface area contributed by atoms with E-state index in [0.717, 1.165) is 16.5 Å². The normalized spacial score (nSPS) is 14.8. The van der Waals surface area contributed by atoms with Gasteiger partial charge >= 0.3 is 0 Å². The van der Waals surface area contributed by atoms with Gasteiger partial charge < -0.3 is 16.2 Å². The minimum absolute atomic E-state index is 0.419. The quantitative estimate of drug-likeness (QED) is 0.729. The first-order valence-corrected chi connectivity index (χ1v) is 6.30. The van der Waals surface area contributed by atoms with E-state index in [1.807, 2.05) is 12.1 Å². The summed E-state index contributed by atoms with van der Waals surface area (Å²) in [7, 11) is 0. The molecule has 3 nitrogen and oxygen atoms in total. The maximum Gasteiger partial charge on any atom is 0.0915 e. The molecule has 16 heavy (non-hydrogen) atoms. The number of hydrogen-bond acceptors (Lipinski definition) is 3. The Morgan fingerprint density at radius 2 is 2.19 bits per heavy atom. The van der Waals surface area contributed by atoms with Crippen molar-refractivity contribution in [1.82, 2.24) is 5.32 Å². The Hall–Kier alpha value is -0.580. The first-order chi connectivity index (χ1) is 7.54. The van der Waals surface area contributed by atoms with Gasteiger partial charge in [-0.15, -0.1) is 0 Å². The van der Waals surface area contributed by atoms with E-state index in [4.69, 9.17) is 5.73 Å². The lowest BCUT2D eigenvalue weighted by Crippen LogP contribution is -2.29. The number of benzene rings is 1. The van der Waals surface area contributed by atoms with Crippen molar-refractivity contribution in [2.75, 3.05) is 12.3 Å². The molecule has 0 saturated heterocycles. The smallest absolute Gasteiger partial charge is 0.0915 e. The lowest BCUT2D eigenvalue weighted by molar-refractivity contribution is 0.170. The molecule has 0 spiro atoms. The van der Waals surface area contributed by atoms with Crippen molar-refractivity contribution in [1.29, 1.82) is 0 Å². The molecule has 90 valence electrons. The van der Waals surface area contributed by atoms with Crippen molar-refractivity contribution >= 4 is 21.6 Å². The van der Waals surface area contributed by atoms with E-state index >= 15 is 0 Å². The molecule has 2 unspecified atom stereocenters. The van der Waals surface area contributed by atoms with Crippen LogP contribution < -0.4 is 11.1 Å². The molecule has 1 rings (SSSR count). The van der Waals surface area contributed by atoms with Gasteiger partial charge in [-0.3, -0.25) is 0 Å². The van der Waals surface area contributed by atoms with Gasteiger partial charge in [0.1, 0.15) is 0 Å². The zero-order chi connectivity index (χ0) is 12.1. The maximum absolute atomic E-state index is 9.95. The molecular weight excluding hydrogens is 268 g/mol. The fraction of sp³-hybridized carbons (Fsp3) is 0.500. The number of aliphatic hydroxyl groups is 1. The summed E-state index contributed by atoms with van der Waals surface area (Å²) in [5, 5.41) is 13.2. The number of nitrogens with two attached hydrogens (primary N) is 1. The highest BCUT2D eigenvalue weighted by Crippen LogP contribution is 2.23. The number of halogens is 1. The van der Waals surface area contributed by atoms with Crippen molar-refractivity contribution in [2.45, 2.75) is 32.4 Å². The molecule has 0 aliphatic rings. The van der Waals surface area contributed by atoms with Crippen LogP contribution in [0.1, 0.15) is 31.9 Å². The zero-order valence-corrected chi connectivity index (χ0v) is 11.3. The van der Waals surface area contributed by atoms with Crippen LogP contribution in [0.25, 0.3) is 0 Å². The van der Waals surface area contributed by atoms with Crippen molar-refractivity contribution in [3.05, 3.63) is 28.2 Å². The molecular formula is C12H19BrN2O. The summed E-state index contributed by atoms with van der Waals surface area (Å²) in [5.74, 6) is 0. The van der Waals surface area contributed by atoms with Gasteiger partial charge in [-0.1, -0.05) is 13.0 Å². The summed E-state index contributed by atoms with van der Waals surface area (Å²) < 4.78 is 0.860. The Bertz CT molecular complexity index is 344. The van der Waals surface area contributed by atoms with Crippen LogP contribution in [0.4, 0.5) is 5.69 Å². The average molecular weight is 287 g/mol. The number of aliphatic hydroxyl groups excluding tert-OH is 1. The van der Waals surface area contributed by atoms with E-state index < -0.39 is 6.10 Å². The maximum atomic E-state index is 9.95. The molecule has 0 radical (unpaired) electrons. The highest BCUT2D eigenvalue weighted by atomic mass is 79.9. The second-order valence-corrected chi connectivity index (χ2v) is 4.87. The zero-order valence-electron chi connectivity index (χ0n) is 9.70. The molecule has 0 aromatic heterocycles. The van der Waals surface area contributed by atoms with Crippen molar-refractivity contribution in [2.24, 2.45) is 0 Å². The fourth-order valence-corrected chi connectivity index (χ4v) is 1.59. The second-order valence-electron chi connectivity index (χ2n) is 4.01. The molecule has 1 aromatic rings. The summed E-state index contributed by atoms with van der Waals surface area (Å²) in [5.41, 5.74) is 7.26. The monoisotopic (exact) mass is 286 g/mol. The standard InChI is InChI=1S/C12H19BrN2O/c1-3-8(2)15-7-12(16)9-4-5-10(13)11(14)6-9/h4-6,8,12,15-16H,3,7,14H2,1-2H3. The van der Waals surface area contributed by atoms with Gasteiger partial charge in [0.05, 0.1) is 6.10 Å². The van der Waals surface area contributed by atoms with Gasteiger partial charge in [-0.25, -0.2) is 0 Å². The van der Waals surface area contributed by atoms with E-state index in [2.05, 4.69) is 35.1 Å². The van der Waals surface area contributed by atoms with Crippen LogP contribution in [-0.2, 0) is 0 Å². The minimum Gasteiger partial charge on any atom is -0.398 e. The van der Waals surface area contributed by atoms with Gasteiger partial charge in [0.15, 0.2) is 0 Å². The molecule has 0 bridgehead atoms. The molecule has 0 fully saturated rings. The number of anilines is 1. The van der Waals surface area contributed by atoms with E-state index in [9.17, 15) is 5.11 Å². The molecule has 1 aromatic carbocycles. The van der Waals surface area contributed by atoms with Crippen LogP contribution in [0.5, 0.6) is 0 Å². The van der Waals surface area contributed by atoms with Gasteiger partial charge in [0, 0.05) is 22.7 Å². The number of rotatable bonds is 5. The summed E-state index contributed by atoms with van der Waals surface area (Å²) >= 11 is 3.33. The van der Waals surface area contributed by atoms with Crippen LogP contribution in [-0.4, -0.2) is 17.7 Å². The highest BCUT2D eigenvalue weighted by molar-refractivity contribution is 9.10. The van der Waals surface area contributed by atoms with Gasteiger partial charge in [0.2, 0.25) is 0 Å². The largest absolute Gasteiger partial charge is 0.398 e. The number of nitrogen functional groups attached to an aromatic ring is 1. The third kappa shape index (κ3) is 3.77. The molecule has 4 heteroatoms. The van der Waals surface area contributed by atoms with Crippen molar-refractivity contribution < 1.29 is 5.11 Å². The summed E-state index contributed by atoms with van der Waals surface area (Å²) in [6, 6.07) is 5.95. The lowest BCUT2D eigenvalue weighted by atomic mass is 10.1. The third-order valence-electron chi connectivity index (χ3n) is 2.68. The van der Waals surface area contributed by atoms with Gasteiger partial charge in [-0.2, -0.15) is 0 Å². The summed E-state index contributed by atoms with van der Waals surface area (Å²) in [6.45, 7) is 4.76. The lowest BCUT2D eigenvalue weighted by Gasteiger charge is -2.16. The van der Waals surface area contributed by atoms with Crippen LogP contribution in [0.3, 0.4) is 0 Å². The summed E-state index contributed by atoms with van der Waals surface area (Å²) in [4.78, 5) is 0. The Kier molecular flexibility index (Phi) is 5.25. The molecule has 0 saturated carbocycles. The Labute approximate surface area is 105 Å². The molecule has 0 aliphatic carbocycles. The SMILES string of the molecule is CCC(C)NCC(O)c1ccc(Br)c(N)c1. The second kappa shape index (κ2) is 6.23. The van der Waals surface area contributed by atoms with Crippen molar-refractivity contribution in [3.63, 3.8) is 0 Å². The van der Waals surface area contributed by atoms with E-state index in [1.165, 1.54) is 0 Å². The topological polar surface area (TPSA) is 58.3 Å². The highest BCUT2D eigenvalue weighted by Gasteiger charge is 2.09. The number of hydrogen-bond donors (Lipinski definition) is 3. The Morgan fingerprint density at radius 1 is 1.50 bits per heavy atom. The first-order valence-electron chi connectivity index (χ1n) is 5.51. The van der Waals surface area contributed by atoms with Crippen LogP contribution >= 0.6 is 15.9 Å². The van der Waals surface area contributed by atoms with Gasteiger partial charge in [-0.05, 0) is 47.0 Å². The van der Waals surface area contributed by atoms with Crippen molar-refractivity contribution in [3.8, 4) is 0 Å². The Balaban J connectivity index is 2.59. The van der Waals surface area contributed by atoms with E-state index in [1.54, 1.807) is 6.07 Å². The molecule has 0 aliphatic heterocycles.